The van der Waals surface area contributed by atoms with Crippen molar-refractivity contribution >= 4 is 6.03 Å². The average Bonchev–Trinajstić information content (AvgIpc) is 2.24. The molecule has 0 bridgehead atoms. The highest BCUT2D eigenvalue weighted by molar-refractivity contribution is 5.75. The molecule has 2 N–H and O–H groups in total. The summed E-state index contributed by atoms with van der Waals surface area (Å²) >= 11 is 0. The molecule has 0 aliphatic carbocycles. The third-order valence-electron chi connectivity index (χ3n) is 3.71. The van der Waals surface area contributed by atoms with E-state index in [0.29, 0.717) is 6.54 Å². The monoisotopic (exact) mass is 271 g/mol. The highest BCUT2D eigenvalue weighted by Crippen LogP contribution is 2.22. The minimum Gasteiger partial charge on any atom is -0.387 e. The maximum Gasteiger partial charge on any atom is 0.317 e. The SMILES string of the molecule is CC1CCCC(C)N1C(=O)NCC(C)(O)CN(C)C. The second-order valence-electron chi connectivity index (χ2n) is 6.43. The van der Waals surface area contributed by atoms with Crippen LogP contribution in [-0.2, 0) is 0 Å². The summed E-state index contributed by atoms with van der Waals surface area (Å²) in [7, 11) is 3.82. The Balaban J connectivity index is 2.50. The van der Waals surface area contributed by atoms with Crippen LogP contribution in [0.5, 0.6) is 0 Å². The summed E-state index contributed by atoms with van der Waals surface area (Å²) < 4.78 is 0. The number of rotatable bonds is 4. The molecule has 5 nitrogen and oxygen atoms in total. The Morgan fingerprint density at radius 3 is 2.37 bits per heavy atom. The normalized spacial score (nSPS) is 27.2. The Kier molecular flexibility index (Phi) is 5.62. The van der Waals surface area contributed by atoms with Gasteiger partial charge in [-0.15, -0.1) is 0 Å². The maximum absolute atomic E-state index is 12.2. The molecule has 3 atom stereocenters. The number of likely N-dealkylation sites (N-methyl/N-ethyl adjacent to an activating group) is 1. The van der Waals surface area contributed by atoms with Gasteiger partial charge in [-0.25, -0.2) is 4.79 Å². The number of nitrogens with one attached hydrogen (secondary N) is 1. The van der Waals surface area contributed by atoms with E-state index in [9.17, 15) is 9.90 Å². The molecule has 19 heavy (non-hydrogen) atoms. The summed E-state index contributed by atoms with van der Waals surface area (Å²) in [6.45, 7) is 6.73. The summed E-state index contributed by atoms with van der Waals surface area (Å²) in [6.07, 6.45) is 3.31. The van der Waals surface area contributed by atoms with Gasteiger partial charge in [0.1, 0.15) is 0 Å². The Labute approximate surface area is 117 Å². The Morgan fingerprint density at radius 2 is 1.89 bits per heavy atom. The van der Waals surface area contributed by atoms with Crippen molar-refractivity contribution in [2.45, 2.75) is 57.7 Å². The van der Waals surface area contributed by atoms with Gasteiger partial charge >= 0.3 is 6.03 Å². The first-order chi connectivity index (χ1) is 8.73. The van der Waals surface area contributed by atoms with Gasteiger partial charge in [0.15, 0.2) is 0 Å². The number of likely N-dealkylation sites (tertiary alicyclic amines) is 1. The summed E-state index contributed by atoms with van der Waals surface area (Å²) in [5.41, 5.74) is -0.901. The van der Waals surface area contributed by atoms with Crippen LogP contribution < -0.4 is 5.32 Å². The zero-order chi connectivity index (χ0) is 14.6. The quantitative estimate of drug-likeness (QED) is 0.809. The second-order valence-corrected chi connectivity index (χ2v) is 6.43. The molecule has 0 radical (unpaired) electrons. The average molecular weight is 271 g/mol. The molecular weight excluding hydrogens is 242 g/mol. The van der Waals surface area contributed by atoms with Gasteiger partial charge in [0.05, 0.1) is 5.60 Å². The maximum atomic E-state index is 12.2. The largest absolute Gasteiger partial charge is 0.387 e. The summed E-state index contributed by atoms with van der Waals surface area (Å²) in [4.78, 5) is 16.1. The van der Waals surface area contributed by atoms with E-state index in [0.717, 1.165) is 12.8 Å². The second kappa shape index (κ2) is 6.57. The van der Waals surface area contributed by atoms with Gasteiger partial charge in [-0.05, 0) is 54.1 Å². The van der Waals surface area contributed by atoms with Crippen LogP contribution in [0.2, 0.25) is 0 Å². The molecule has 1 heterocycles. The van der Waals surface area contributed by atoms with Gasteiger partial charge < -0.3 is 20.2 Å². The van der Waals surface area contributed by atoms with Crippen molar-refractivity contribution in [3.63, 3.8) is 0 Å². The fourth-order valence-corrected chi connectivity index (χ4v) is 2.92. The fourth-order valence-electron chi connectivity index (χ4n) is 2.92. The van der Waals surface area contributed by atoms with E-state index in [4.69, 9.17) is 0 Å². The molecule has 0 aromatic heterocycles. The van der Waals surface area contributed by atoms with Crippen LogP contribution >= 0.6 is 0 Å². The van der Waals surface area contributed by atoms with Crippen molar-refractivity contribution < 1.29 is 9.90 Å². The molecule has 1 aliphatic rings. The molecule has 5 heteroatoms. The lowest BCUT2D eigenvalue weighted by molar-refractivity contribution is 0.0325. The highest BCUT2D eigenvalue weighted by Gasteiger charge is 2.30. The van der Waals surface area contributed by atoms with Crippen molar-refractivity contribution in [2.24, 2.45) is 0 Å². The zero-order valence-electron chi connectivity index (χ0n) is 12.9. The third kappa shape index (κ3) is 4.99. The van der Waals surface area contributed by atoms with Crippen molar-refractivity contribution in [3.8, 4) is 0 Å². The van der Waals surface area contributed by atoms with Crippen LogP contribution in [0.25, 0.3) is 0 Å². The van der Waals surface area contributed by atoms with Gasteiger partial charge in [0.2, 0.25) is 0 Å². The Bertz CT molecular complexity index is 295. The number of piperidine rings is 1. The smallest absolute Gasteiger partial charge is 0.317 e. The van der Waals surface area contributed by atoms with E-state index in [2.05, 4.69) is 19.2 Å². The minimum absolute atomic E-state index is 0.0567. The van der Waals surface area contributed by atoms with Gasteiger partial charge in [-0.1, -0.05) is 0 Å². The molecule has 112 valence electrons. The molecule has 2 amide bonds. The molecule has 0 aromatic rings. The topological polar surface area (TPSA) is 55.8 Å². The number of carbonyl (C=O) groups excluding carboxylic acids is 1. The molecule has 0 saturated carbocycles. The lowest BCUT2D eigenvalue weighted by atomic mass is 9.98. The third-order valence-corrected chi connectivity index (χ3v) is 3.71. The first-order valence-electron chi connectivity index (χ1n) is 7.16. The van der Waals surface area contributed by atoms with E-state index in [-0.39, 0.29) is 24.7 Å². The number of amides is 2. The number of hydrogen-bond acceptors (Lipinski definition) is 3. The van der Waals surface area contributed by atoms with Gasteiger partial charge in [0.25, 0.3) is 0 Å². The predicted octanol–water partition coefficient (Wildman–Crippen LogP) is 1.27. The van der Waals surface area contributed by atoms with Crippen molar-refractivity contribution in [1.82, 2.24) is 15.1 Å². The lowest BCUT2D eigenvalue weighted by Crippen LogP contribution is -2.55. The van der Waals surface area contributed by atoms with E-state index < -0.39 is 5.60 Å². The molecule has 0 spiro atoms. The van der Waals surface area contributed by atoms with Crippen LogP contribution in [0, 0.1) is 0 Å². The van der Waals surface area contributed by atoms with Gasteiger partial charge in [0, 0.05) is 25.2 Å². The number of carbonyl (C=O) groups is 1. The molecule has 1 rings (SSSR count). The highest BCUT2D eigenvalue weighted by atomic mass is 16.3. The fraction of sp³-hybridized carbons (Fsp3) is 0.929. The molecule has 3 unspecified atom stereocenters. The van der Waals surface area contributed by atoms with Crippen LogP contribution in [0.3, 0.4) is 0 Å². The molecular formula is C14H29N3O2. The molecule has 1 saturated heterocycles. The number of aliphatic hydroxyl groups is 1. The standard InChI is InChI=1S/C14H29N3O2/c1-11-7-6-8-12(2)17(11)13(18)15-9-14(3,19)10-16(4)5/h11-12,19H,6-10H2,1-5H3,(H,15,18). The predicted molar refractivity (Wildman–Crippen MR) is 77.2 cm³/mol. The number of nitrogens with zero attached hydrogens (tertiary/aromatic N) is 2. The molecule has 1 fully saturated rings. The summed E-state index contributed by atoms with van der Waals surface area (Å²) in [6, 6.07) is 0.504. The summed E-state index contributed by atoms with van der Waals surface area (Å²) in [5, 5.41) is 13.1. The summed E-state index contributed by atoms with van der Waals surface area (Å²) in [5.74, 6) is 0. The molecule has 1 aliphatic heterocycles. The number of hydrogen-bond donors (Lipinski definition) is 2. The van der Waals surface area contributed by atoms with Crippen molar-refractivity contribution in [2.75, 3.05) is 27.2 Å². The Hall–Kier alpha value is -0.810. The van der Waals surface area contributed by atoms with E-state index in [1.807, 2.05) is 23.9 Å². The van der Waals surface area contributed by atoms with Crippen LogP contribution in [0.4, 0.5) is 4.79 Å². The van der Waals surface area contributed by atoms with Gasteiger partial charge in [-0.3, -0.25) is 0 Å². The van der Waals surface area contributed by atoms with Crippen LogP contribution in [-0.4, -0.2) is 65.8 Å². The van der Waals surface area contributed by atoms with Crippen molar-refractivity contribution in [1.29, 1.82) is 0 Å². The van der Waals surface area contributed by atoms with E-state index >= 15 is 0 Å². The Morgan fingerprint density at radius 1 is 1.37 bits per heavy atom. The van der Waals surface area contributed by atoms with Crippen LogP contribution in [0.1, 0.15) is 40.0 Å². The van der Waals surface area contributed by atoms with Crippen molar-refractivity contribution in [3.05, 3.63) is 0 Å². The minimum atomic E-state index is -0.901. The van der Waals surface area contributed by atoms with Gasteiger partial charge in [-0.2, -0.15) is 0 Å². The van der Waals surface area contributed by atoms with Crippen LogP contribution in [0.15, 0.2) is 0 Å². The lowest BCUT2D eigenvalue weighted by Gasteiger charge is -2.39. The zero-order valence-corrected chi connectivity index (χ0v) is 12.9. The molecule has 0 aromatic carbocycles. The number of urea groups is 1. The first kappa shape index (κ1) is 16.2. The first-order valence-corrected chi connectivity index (χ1v) is 7.16. The van der Waals surface area contributed by atoms with E-state index in [1.54, 1.807) is 6.92 Å². The van der Waals surface area contributed by atoms with E-state index in [1.165, 1.54) is 6.42 Å².